The van der Waals surface area contributed by atoms with Crippen molar-refractivity contribution < 1.29 is 39.8 Å². The number of rotatable bonds is 40. The van der Waals surface area contributed by atoms with Crippen LogP contribution in [0.25, 0.3) is 0 Å². The first-order chi connectivity index (χ1) is 28.8. The van der Waals surface area contributed by atoms with Gasteiger partial charge in [-0.1, -0.05) is 191 Å². The van der Waals surface area contributed by atoms with E-state index in [1.165, 1.54) is 122 Å². The molecule has 1 rings (SSSR count). The Bertz CT molecular complexity index is 1060. The molecule has 0 spiro atoms. The molecule has 9 heteroatoms. The topological polar surface area (TPSA) is 149 Å². The van der Waals surface area contributed by atoms with Gasteiger partial charge < -0.3 is 40.3 Å². The van der Waals surface area contributed by atoms with Crippen LogP contribution < -0.4 is 5.32 Å². The van der Waals surface area contributed by atoms with Crippen LogP contribution in [0.1, 0.15) is 206 Å². The smallest absolute Gasteiger partial charge is 0.220 e. The minimum absolute atomic E-state index is 0.190. The van der Waals surface area contributed by atoms with E-state index in [9.17, 15) is 30.3 Å². The molecule has 0 saturated carbocycles. The Hall–Kier alpha value is -1.85. The van der Waals surface area contributed by atoms with Crippen molar-refractivity contribution in [3.63, 3.8) is 0 Å². The van der Waals surface area contributed by atoms with Crippen molar-refractivity contribution >= 4 is 5.91 Å². The van der Waals surface area contributed by atoms with Crippen molar-refractivity contribution in [1.82, 2.24) is 5.32 Å². The third-order valence-corrected chi connectivity index (χ3v) is 11.4. The highest BCUT2D eigenvalue weighted by Crippen LogP contribution is 2.22. The molecule has 1 saturated heterocycles. The molecule has 0 aliphatic carbocycles. The molecule has 7 atom stereocenters. The van der Waals surface area contributed by atoms with E-state index in [0.717, 1.165) is 64.2 Å². The summed E-state index contributed by atoms with van der Waals surface area (Å²) in [5, 5.41) is 54.2. The van der Waals surface area contributed by atoms with Gasteiger partial charge in [-0.15, -0.1) is 0 Å². The maximum absolute atomic E-state index is 13.0. The molecule has 0 bridgehead atoms. The molecule has 1 aliphatic heterocycles. The van der Waals surface area contributed by atoms with E-state index in [4.69, 9.17) is 9.47 Å². The third kappa shape index (κ3) is 30.8. The molecular formula is C50H91NO8. The molecule has 6 N–H and O–H groups in total. The first-order valence-electron chi connectivity index (χ1n) is 24.4. The summed E-state index contributed by atoms with van der Waals surface area (Å²) in [6, 6.07) is -0.812. The molecule has 9 nitrogen and oxygen atoms in total. The number of aliphatic hydroxyl groups is 5. The van der Waals surface area contributed by atoms with Gasteiger partial charge in [0.25, 0.3) is 0 Å². The minimum atomic E-state index is -1.57. The highest BCUT2D eigenvalue weighted by atomic mass is 16.7. The van der Waals surface area contributed by atoms with Gasteiger partial charge in [0.1, 0.15) is 24.4 Å². The van der Waals surface area contributed by atoms with Crippen molar-refractivity contribution in [2.24, 2.45) is 0 Å². The van der Waals surface area contributed by atoms with E-state index < -0.39 is 49.5 Å². The molecule has 0 aromatic heterocycles. The Morgan fingerprint density at radius 2 is 1.00 bits per heavy atom. The summed E-state index contributed by atoms with van der Waals surface area (Å²) < 4.78 is 11.2. The summed E-state index contributed by atoms with van der Waals surface area (Å²) in [5.41, 5.74) is 0. The molecule has 1 amide bonds. The summed E-state index contributed by atoms with van der Waals surface area (Å²) in [7, 11) is 0. The van der Waals surface area contributed by atoms with Crippen LogP contribution in [0.3, 0.4) is 0 Å². The average molecular weight is 834 g/mol. The van der Waals surface area contributed by atoms with Crippen molar-refractivity contribution in [2.75, 3.05) is 13.2 Å². The number of allylic oxidation sites excluding steroid dienone is 7. The minimum Gasteiger partial charge on any atom is -0.394 e. The third-order valence-electron chi connectivity index (χ3n) is 11.4. The van der Waals surface area contributed by atoms with Gasteiger partial charge in [-0.05, 0) is 57.8 Å². The number of hydrogen-bond acceptors (Lipinski definition) is 8. The number of amides is 1. The van der Waals surface area contributed by atoms with Gasteiger partial charge in [0, 0.05) is 6.42 Å². The second kappa shape index (κ2) is 40.2. The lowest BCUT2D eigenvalue weighted by Gasteiger charge is -2.40. The van der Waals surface area contributed by atoms with E-state index in [2.05, 4.69) is 55.6 Å². The molecule has 0 aromatic carbocycles. The molecule has 1 heterocycles. The Labute approximate surface area is 361 Å². The van der Waals surface area contributed by atoms with E-state index in [1.807, 2.05) is 6.08 Å². The van der Waals surface area contributed by atoms with E-state index >= 15 is 0 Å². The first-order valence-corrected chi connectivity index (χ1v) is 24.4. The number of hydrogen-bond donors (Lipinski definition) is 6. The van der Waals surface area contributed by atoms with E-state index in [0.29, 0.717) is 6.42 Å². The Balaban J connectivity index is 2.34. The molecule has 0 radical (unpaired) electrons. The lowest BCUT2D eigenvalue weighted by Crippen LogP contribution is -2.60. The van der Waals surface area contributed by atoms with Crippen LogP contribution in [0.2, 0.25) is 0 Å². The van der Waals surface area contributed by atoms with Gasteiger partial charge in [0.15, 0.2) is 6.29 Å². The molecule has 7 unspecified atom stereocenters. The number of ether oxygens (including phenoxy) is 2. The normalized spacial score (nSPS) is 21.1. The maximum Gasteiger partial charge on any atom is 0.220 e. The Kier molecular flexibility index (Phi) is 37.6. The highest BCUT2D eigenvalue weighted by molar-refractivity contribution is 5.76. The highest BCUT2D eigenvalue weighted by Gasteiger charge is 2.44. The number of aliphatic hydroxyl groups excluding tert-OH is 5. The zero-order chi connectivity index (χ0) is 43.0. The maximum atomic E-state index is 13.0. The number of unbranched alkanes of at least 4 members (excludes halogenated alkanes) is 24. The van der Waals surface area contributed by atoms with Crippen LogP contribution in [0.4, 0.5) is 0 Å². The molecule has 59 heavy (non-hydrogen) atoms. The molecule has 1 aliphatic rings. The lowest BCUT2D eigenvalue weighted by atomic mass is 9.99. The largest absolute Gasteiger partial charge is 0.394 e. The zero-order valence-corrected chi connectivity index (χ0v) is 37.7. The molecule has 344 valence electrons. The second-order valence-corrected chi connectivity index (χ2v) is 16.9. The summed E-state index contributed by atoms with van der Waals surface area (Å²) in [5.74, 6) is -0.190. The Morgan fingerprint density at radius 1 is 0.576 bits per heavy atom. The summed E-state index contributed by atoms with van der Waals surface area (Å²) in [4.78, 5) is 13.0. The number of carbonyl (C=O) groups excluding carboxylic acids is 1. The number of nitrogens with one attached hydrogen (secondary N) is 1. The summed E-state index contributed by atoms with van der Waals surface area (Å²) in [6.45, 7) is 3.75. The van der Waals surface area contributed by atoms with Gasteiger partial charge in [-0.3, -0.25) is 4.79 Å². The van der Waals surface area contributed by atoms with Gasteiger partial charge in [0.05, 0.1) is 25.4 Å². The van der Waals surface area contributed by atoms with Crippen molar-refractivity contribution in [3.05, 3.63) is 48.6 Å². The SMILES string of the molecule is CCCCCCC/C=C\C/C=C\C/C=C\CCCCCCCCC(=O)NC(COC1OC(CO)C(O)C(O)C1O)C(O)/C=C/CCCCCCCCCCCCCCC. The standard InChI is InChI=1S/C50H91NO8/c1-3-5-7-9-11-13-15-17-19-20-21-22-23-24-26-28-30-32-34-36-38-40-46(54)51-43(42-58-50-49(57)48(56)47(55)45(41-52)59-50)44(53)39-37-35-33-31-29-27-25-18-16-14-12-10-8-6-4-2/h15,17,20-21,23-24,37,39,43-45,47-50,52-53,55-57H,3-14,16,18-19,22,25-36,38,40-42H2,1-2H3,(H,51,54)/b17-15-,21-20-,24-23-,39-37+. The van der Waals surface area contributed by atoms with Crippen molar-refractivity contribution in [3.8, 4) is 0 Å². The monoisotopic (exact) mass is 834 g/mol. The lowest BCUT2D eigenvalue weighted by molar-refractivity contribution is -0.302. The van der Waals surface area contributed by atoms with Crippen LogP contribution in [-0.4, -0.2) is 87.5 Å². The summed E-state index contributed by atoms with van der Waals surface area (Å²) in [6.07, 6.45) is 44.3. The van der Waals surface area contributed by atoms with Crippen LogP contribution in [0.15, 0.2) is 48.6 Å². The van der Waals surface area contributed by atoms with Crippen LogP contribution in [-0.2, 0) is 14.3 Å². The summed E-state index contributed by atoms with van der Waals surface area (Å²) >= 11 is 0. The quantitative estimate of drug-likeness (QED) is 0.0264. The van der Waals surface area contributed by atoms with Gasteiger partial charge >= 0.3 is 0 Å². The molecular weight excluding hydrogens is 743 g/mol. The average Bonchev–Trinajstić information content (AvgIpc) is 3.23. The van der Waals surface area contributed by atoms with Gasteiger partial charge in [-0.25, -0.2) is 0 Å². The fourth-order valence-electron chi connectivity index (χ4n) is 7.46. The predicted octanol–water partition coefficient (Wildman–Crippen LogP) is 10.6. The van der Waals surface area contributed by atoms with Crippen LogP contribution in [0, 0.1) is 0 Å². The van der Waals surface area contributed by atoms with Crippen LogP contribution >= 0.6 is 0 Å². The molecule has 1 fully saturated rings. The van der Waals surface area contributed by atoms with Crippen molar-refractivity contribution in [2.45, 2.75) is 249 Å². The predicted molar refractivity (Wildman–Crippen MR) is 244 cm³/mol. The Morgan fingerprint density at radius 3 is 1.47 bits per heavy atom. The second-order valence-electron chi connectivity index (χ2n) is 16.9. The first kappa shape index (κ1) is 55.2. The van der Waals surface area contributed by atoms with Gasteiger partial charge in [-0.2, -0.15) is 0 Å². The molecule has 0 aromatic rings. The fraction of sp³-hybridized carbons (Fsp3) is 0.820. The van der Waals surface area contributed by atoms with E-state index in [1.54, 1.807) is 6.08 Å². The number of carbonyl (C=O) groups is 1. The zero-order valence-electron chi connectivity index (χ0n) is 37.7. The van der Waals surface area contributed by atoms with Crippen molar-refractivity contribution in [1.29, 1.82) is 0 Å². The van der Waals surface area contributed by atoms with Gasteiger partial charge in [0.2, 0.25) is 5.91 Å². The fourth-order valence-corrected chi connectivity index (χ4v) is 7.46. The van der Waals surface area contributed by atoms with E-state index in [-0.39, 0.29) is 12.5 Å². The van der Waals surface area contributed by atoms with Crippen LogP contribution in [0.5, 0.6) is 0 Å².